The van der Waals surface area contributed by atoms with Gasteiger partial charge < -0.3 is 10.6 Å². The lowest BCUT2D eigenvalue weighted by Gasteiger charge is -2.27. The molecule has 2 amide bonds. The minimum absolute atomic E-state index is 0.00887. The molecule has 0 aliphatic heterocycles. The number of nitrogens with zero attached hydrogens (tertiary/aromatic N) is 1. The van der Waals surface area contributed by atoms with E-state index in [2.05, 4.69) is 15.6 Å². The summed E-state index contributed by atoms with van der Waals surface area (Å²) in [6, 6.07) is 9.28. The number of nitrogens with one attached hydrogen (secondary N) is 2. The van der Waals surface area contributed by atoms with Gasteiger partial charge in [0.15, 0.2) is 0 Å². The highest BCUT2D eigenvalue weighted by molar-refractivity contribution is 6.31. The van der Waals surface area contributed by atoms with E-state index < -0.39 is 0 Å². The van der Waals surface area contributed by atoms with Gasteiger partial charge in [0, 0.05) is 41.5 Å². The summed E-state index contributed by atoms with van der Waals surface area (Å²) in [5.41, 5.74) is 2.61. The van der Waals surface area contributed by atoms with Crippen molar-refractivity contribution in [2.24, 2.45) is 11.8 Å². The van der Waals surface area contributed by atoms with Gasteiger partial charge in [0.2, 0.25) is 11.8 Å². The highest BCUT2D eigenvalue weighted by atomic mass is 35.5. The van der Waals surface area contributed by atoms with Crippen molar-refractivity contribution in [3.8, 4) is 0 Å². The van der Waals surface area contributed by atoms with E-state index in [4.69, 9.17) is 11.6 Å². The zero-order valence-electron chi connectivity index (χ0n) is 15.4. The van der Waals surface area contributed by atoms with Crippen LogP contribution in [0.5, 0.6) is 0 Å². The average Bonchev–Trinajstić information content (AvgIpc) is 2.70. The van der Waals surface area contributed by atoms with Crippen molar-refractivity contribution in [3.05, 3.63) is 58.9 Å². The van der Waals surface area contributed by atoms with Gasteiger partial charge in [-0.05, 0) is 61.9 Å². The Kier molecular flexibility index (Phi) is 6.45. The van der Waals surface area contributed by atoms with Crippen LogP contribution in [0.1, 0.15) is 36.8 Å². The maximum absolute atomic E-state index is 12.6. The van der Waals surface area contributed by atoms with E-state index in [0.717, 1.165) is 42.5 Å². The third-order valence-electron chi connectivity index (χ3n) is 5.18. The average molecular weight is 386 g/mol. The third kappa shape index (κ3) is 5.07. The fourth-order valence-corrected chi connectivity index (χ4v) is 3.61. The Labute approximate surface area is 164 Å². The summed E-state index contributed by atoms with van der Waals surface area (Å²) < 4.78 is 0. The Bertz CT molecular complexity index is 802. The molecule has 1 saturated carbocycles. The Morgan fingerprint density at radius 1 is 1.07 bits per heavy atom. The fourth-order valence-electron chi connectivity index (χ4n) is 3.43. The van der Waals surface area contributed by atoms with Gasteiger partial charge >= 0.3 is 0 Å². The molecule has 1 fully saturated rings. The molecular formula is C21H24ClN3O2. The van der Waals surface area contributed by atoms with Crippen molar-refractivity contribution in [2.75, 3.05) is 5.32 Å². The zero-order valence-corrected chi connectivity index (χ0v) is 16.1. The van der Waals surface area contributed by atoms with Gasteiger partial charge in [-0.15, -0.1) is 0 Å². The Balaban J connectivity index is 1.47. The van der Waals surface area contributed by atoms with Crippen LogP contribution in [0.25, 0.3) is 0 Å². The van der Waals surface area contributed by atoms with Gasteiger partial charge in [-0.25, -0.2) is 0 Å². The summed E-state index contributed by atoms with van der Waals surface area (Å²) in [5.74, 6) is -0.0256. The summed E-state index contributed by atoms with van der Waals surface area (Å²) in [6.07, 6.45) is 6.35. The summed E-state index contributed by atoms with van der Waals surface area (Å²) in [7, 11) is 0. The summed E-state index contributed by atoms with van der Waals surface area (Å²) in [5, 5.41) is 6.59. The first-order chi connectivity index (χ1) is 13.0. The summed E-state index contributed by atoms with van der Waals surface area (Å²) in [6.45, 7) is 2.38. The number of halogens is 1. The number of amides is 2. The third-order valence-corrected chi connectivity index (χ3v) is 5.59. The van der Waals surface area contributed by atoms with Crippen LogP contribution in [0.15, 0.2) is 42.7 Å². The summed E-state index contributed by atoms with van der Waals surface area (Å²) >= 11 is 6.11. The van der Waals surface area contributed by atoms with Crippen molar-refractivity contribution in [1.29, 1.82) is 0 Å². The molecule has 3 rings (SSSR count). The van der Waals surface area contributed by atoms with Crippen LogP contribution in [-0.4, -0.2) is 16.8 Å². The second-order valence-electron chi connectivity index (χ2n) is 7.03. The molecule has 2 aromatic rings. The topological polar surface area (TPSA) is 71.1 Å². The first kappa shape index (κ1) is 19.4. The molecule has 1 aromatic heterocycles. The van der Waals surface area contributed by atoms with Gasteiger partial charge in [-0.2, -0.15) is 0 Å². The zero-order chi connectivity index (χ0) is 19.2. The number of benzene rings is 1. The predicted molar refractivity (Wildman–Crippen MR) is 106 cm³/mol. The lowest BCUT2D eigenvalue weighted by Crippen LogP contribution is -2.35. The fraction of sp³-hybridized carbons (Fsp3) is 0.381. The molecule has 0 saturated heterocycles. The molecule has 0 spiro atoms. The van der Waals surface area contributed by atoms with Gasteiger partial charge in [-0.1, -0.05) is 23.7 Å². The number of hydrogen-bond acceptors (Lipinski definition) is 3. The van der Waals surface area contributed by atoms with Gasteiger partial charge in [0.25, 0.3) is 0 Å². The van der Waals surface area contributed by atoms with Crippen LogP contribution in [0, 0.1) is 18.8 Å². The van der Waals surface area contributed by atoms with Gasteiger partial charge in [0.1, 0.15) is 0 Å². The monoisotopic (exact) mass is 385 g/mol. The quantitative estimate of drug-likeness (QED) is 0.813. The molecule has 142 valence electrons. The van der Waals surface area contributed by atoms with E-state index in [1.807, 2.05) is 37.3 Å². The van der Waals surface area contributed by atoms with Crippen molar-refractivity contribution in [2.45, 2.75) is 39.2 Å². The van der Waals surface area contributed by atoms with Crippen molar-refractivity contribution in [1.82, 2.24) is 10.3 Å². The number of pyridine rings is 1. The number of carbonyl (C=O) groups is 2. The normalized spacial score (nSPS) is 19.3. The van der Waals surface area contributed by atoms with E-state index in [-0.39, 0.29) is 23.7 Å². The van der Waals surface area contributed by atoms with Crippen molar-refractivity contribution in [3.63, 3.8) is 0 Å². The van der Waals surface area contributed by atoms with Crippen molar-refractivity contribution < 1.29 is 9.59 Å². The van der Waals surface area contributed by atoms with E-state index in [9.17, 15) is 9.59 Å². The second kappa shape index (κ2) is 9.00. The molecule has 1 aromatic carbocycles. The number of anilines is 1. The van der Waals surface area contributed by atoms with E-state index in [0.29, 0.717) is 11.6 Å². The molecule has 0 radical (unpaired) electrons. The molecule has 0 unspecified atom stereocenters. The molecular weight excluding hydrogens is 362 g/mol. The van der Waals surface area contributed by atoms with Gasteiger partial charge in [0.05, 0.1) is 0 Å². The number of rotatable bonds is 5. The Hall–Kier alpha value is -2.40. The van der Waals surface area contributed by atoms with Gasteiger partial charge in [-0.3, -0.25) is 14.6 Å². The Morgan fingerprint density at radius 2 is 1.78 bits per heavy atom. The highest BCUT2D eigenvalue weighted by Gasteiger charge is 2.30. The van der Waals surface area contributed by atoms with Crippen LogP contribution < -0.4 is 10.6 Å². The molecule has 5 nitrogen and oxygen atoms in total. The summed E-state index contributed by atoms with van der Waals surface area (Å²) in [4.78, 5) is 29.0. The lowest BCUT2D eigenvalue weighted by atomic mass is 9.81. The largest absolute Gasteiger partial charge is 0.352 e. The second-order valence-corrected chi connectivity index (χ2v) is 7.44. The molecule has 27 heavy (non-hydrogen) atoms. The molecule has 0 bridgehead atoms. The smallest absolute Gasteiger partial charge is 0.227 e. The molecule has 6 heteroatoms. The standard InChI is InChI=1S/C21H24ClN3O2/c1-14-18(22)5-2-6-19(14)25-21(27)17-9-7-16(8-10-17)20(26)24-13-15-4-3-11-23-12-15/h2-6,11-12,16-17H,7-10,13H2,1H3,(H,24,26)(H,25,27). The maximum Gasteiger partial charge on any atom is 0.227 e. The number of carbonyl (C=O) groups excluding carboxylic acids is 2. The molecule has 1 heterocycles. The Morgan fingerprint density at radius 3 is 2.44 bits per heavy atom. The highest BCUT2D eigenvalue weighted by Crippen LogP contribution is 2.31. The van der Waals surface area contributed by atoms with Crippen molar-refractivity contribution >= 4 is 29.1 Å². The van der Waals surface area contributed by atoms with Crippen LogP contribution in [-0.2, 0) is 16.1 Å². The maximum atomic E-state index is 12.6. The van der Waals surface area contributed by atoms with E-state index in [1.54, 1.807) is 12.4 Å². The number of aromatic nitrogens is 1. The minimum Gasteiger partial charge on any atom is -0.352 e. The molecule has 1 aliphatic rings. The van der Waals surface area contributed by atoms with Crippen LogP contribution in [0.2, 0.25) is 5.02 Å². The minimum atomic E-state index is -0.0641. The molecule has 0 atom stereocenters. The SMILES string of the molecule is Cc1c(Cl)cccc1NC(=O)C1CCC(C(=O)NCc2cccnc2)CC1. The predicted octanol–water partition coefficient (Wildman–Crippen LogP) is 4.10. The van der Waals surface area contributed by atoms with Crippen LogP contribution >= 0.6 is 11.6 Å². The molecule has 1 aliphatic carbocycles. The molecule has 2 N–H and O–H groups in total. The number of hydrogen-bond donors (Lipinski definition) is 2. The first-order valence-electron chi connectivity index (χ1n) is 9.27. The van der Waals surface area contributed by atoms with E-state index >= 15 is 0 Å². The van der Waals surface area contributed by atoms with Crippen LogP contribution in [0.4, 0.5) is 5.69 Å². The lowest BCUT2D eigenvalue weighted by molar-refractivity contribution is -0.128. The van der Waals surface area contributed by atoms with E-state index in [1.165, 1.54) is 0 Å². The first-order valence-corrected chi connectivity index (χ1v) is 9.65. The van der Waals surface area contributed by atoms with Crippen LogP contribution in [0.3, 0.4) is 0 Å².